The second kappa shape index (κ2) is 14.0. The molecule has 0 aliphatic carbocycles. The van der Waals surface area contributed by atoms with Gasteiger partial charge in [-0.3, -0.25) is 24.5 Å². The average molecular weight is 599 g/mol. The molecule has 10 heteroatoms. The molecule has 5 rings (SSSR count). The van der Waals surface area contributed by atoms with E-state index < -0.39 is 8.80 Å². The van der Waals surface area contributed by atoms with Crippen molar-refractivity contribution in [2.24, 2.45) is 0 Å². The highest BCUT2D eigenvalue weighted by molar-refractivity contribution is 6.60. The molecule has 0 unspecified atom stereocenters. The lowest BCUT2D eigenvalue weighted by atomic mass is 9.92. The van der Waals surface area contributed by atoms with E-state index in [1.54, 1.807) is 18.5 Å². The van der Waals surface area contributed by atoms with Crippen LogP contribution < -0.4 is 4.90 Å². The van der Waals surface area contributed by atoms with E-state index in [1.807, 2.05) is 81.4 Å². The summed E-state index contributed by atoms with van der Waals surface area (Å²) < 4.78 is 17.9. The Balaban J connectivity index is 1.45. The SMILES string of the molecule is CCO[Si](CCCN1C(=O)c2cccc3c(N(Cc4ccccn4)Cc4ccccn4)ccc(c23)C1=O)(OCC)OCC. The van der Waals surface area contributed by atoms with Crippen molar-refractivity contribution in [3.05, 3.63) is 102 Å². The minimum atomic E-state index is -2.89. The Hall–Kier alpha value is -3.96. The van der Waals surface area contributed by atoms with Crippen molar-refractivity contribution >= 4 is 37.1 Å². The predicted molar refractivity (Wildman–Crippen MR) is 168 cm³/mol. The molecule has 0 fully saturated rings. The average Bonchev–Trinajstić information content (AvgIpc) is 3.02. The summed E-state index contributed by atoms with van der Waals surface area (Å²) in [5, 5.41) is 1.53. The van der Waals surface area contributed by atoms with Crippen molar-refractivity contribution in [1.82, 2.24) is 14.9 Å². The van der Waals surface area contributed by atoms with Crippen molar-refractivity contribution in [1.29, 1.82) is 0 Å². The smallest absolute Gasteiger partial charge is 0.374 e. The molecule has 0 saturated carbocycles. The monoisotopic (exact) mass is 598 g/mol. The van der Waals surface area contributed by atoms with E-state index in [9.17, 15) is 9.59 Å². The highest BCUT2D eigenvalue weighted by Crippen LogP contribution is 2.37. The molecule has 0 saturated heterocycles. The van der Waals surface area contributed by atoms with Gasteiger partial charge in [0.25, 0.3) is 11.8 Å². The van der Waals surface area contributed by atoms with Crippen LogP contribution in [0, 0.1) is 0 Å². The van der Waals surface area contributed by atoms with Crippen LogP contribution in [0.25, 0.3) is 10.8 Å². The number of hydrogen-bond donors (Lipinski definition) is 0. The topological polar surface area (TPSA) is 94.1 Å². The molecule has 0 N–H and O–H groups in total. The lowest BCUT2D eigenvalue weighted by Crippen LogP contribution is -2.47. The van der Waals surface area contributed by atoms with Crippen LogP contribution in [0.1, 0.15) is 59.3 Å². The van der Waals surface area contributed by atoms with E-state index in [4.69, 9.17) is 13.3 Å². The third-order valence-electron chi connectivity index (χ3n) is 7.42. The van der Waals surface area contributed by atoms with Gasteiger partial charge in [-0.15, -0.1) is 0 Å². The highest BCUT2D eigenvalue weighted by Gasteiger charge is 2.41. The molecular formula is C33H38N4O5Si. The summed E-state index contributed by atoms with van der Waals surface area (Å²) in [6.45, 7) is 8.49. The Bertz CT molecular complexity index is 1470. The number of rotatable bonds is 15. The van der Waals surface area contributed by atoms with Crippen molar-refractivity contribution in [2.75, 3.05) is 31.3 Å². The molecule has 43 heavy (non-hydrogen) atoms. The van der Waals surface area contributed by atoms with Gasteiger partial charge >= 0.3 is 8.80 Å². The lowest BCUT2D eigenvalue weighted by Gasteiger charge is -2.32. The summed E-state index contributed by atoms with van der Waals surface area (Å²) in [6.07, 6.45) is 4.08. The predicted octanol–water partition coefficient (Wildman–Crippen LogP) is 5.87. The summed E-state index contributed by atoms with van der Waals surface area (Å²) in [5.41, 5.74) is 3.76. The molecule has 4 aromatic rings. The number of hydrogen-bond acceptors (Lipinski definition) is 8. The molecule has 2 aromatic carbocycles. The quantitative estimate of drug-likeness (QED) is 0.124. The van der Waals surface area contributed by atoms with Crippen molar-refractivity contribution < 1.29 is 22.9 Å². The van der Waals surface area contributed by atoms with Gasteiger partial charge < -0.3 is 18.2 Å². The maximum Gasteiger partial charge on any atom is 0.500 e. The molecule has 224 valence electrons. The molecule has 2 aromatic heterocycles. The highest BCUT2D eigenvalue weighted by atomic mass is 28.4. The zero-order chi connectivity index (χ0) is 30.2. The normalized spacial score (nSPS) is 13.1. The molecule has 0 spiro atoms. The summed E-state index contributed by atoms with van der Waals surface area (Å²) >= 11 is 0. The summed E-state index contributed by atoms with van der Waals surface area (Å²) in [5.74, 6) is -0.588. The molecule has 0 atom stereocenters. The van der Waals surface area contributed by atoms with Crippen LogP contribution in [0.2, 0.25) is 6.04 Å². The fourth-order valence-corrected chi connectivity index (χ4v) is 8.26. The molecule has 1 aliphatic rings. The number of carbonyl (C=O) groups is 2. The summed E-state index contributed by atoms with van der Waals surface area (Å²) in [4.78, 5) is 40.2. The standard InChI is InChI=1S/C33H38N4O5Si/c1-4-40-43(41-5-2,42-6-3)22-12-21-37-32(38)28-16-11-15-27-30(18-17-29(31(27)28)33(37)39)36(23-25-13-7-9-19-34-25)24-26-14-8-10-20-35-26/h7-11,13-20H,4-6,12,21-24H2,1-3H3. The van der Waals surface area contributed by atoms with E-state index in [-0.39, 0.29) is 18.4 Å². The molecular weight excluding hydrogens is 560 g/mol. The molecule has 3 heterocycles. The molecule has 9 nitrogen and oxygen atoms in total. The number of nitrogens with zero attached hydrogens (tertiary/aromatic N) is 4. The number of benzene rings is 2. The third kappa shape index (κ3) is 6.67. The van der Waals surface area contributed by atoms with E-state index in [2.05, 4.69) is 14.9 Å². The van der Waals surface area contributed by atoms with Crippen molar-refractivity contribution in [3.8, 4) is 0 Å². The second-order valence-corrected chi connectivity index (χ2v) is 12.9. The van der Waals surface area contributed by atoms with Gasteiger partial charge in [0.1, 0.15) is 0 Å². The van der Waals surface area contributed by atoms with Crippen molar-refractivity contribution in [2.45, 2.75) is 46.3 Å². The minimum Gasteiger partial charge on any atom is -0.374 e. The van der Waals surface area contributed by atoms with Gasteiger partial charge in [0.15, 0.2) is 0 Å². The fraction of sp³-hybridized carbons (Fsp3) is 0.333. The second-order valence-electron chi connectivity index (χ2n) is 10.2. The minimum absolute atomic E-state index is 0.253. The van der Waals surface area contributed by atoms with Gasteiger partial charge in [-0.25, -0.2) is 0 Å². The Kier molecular flexibility index (Phi) is 9.93. The summed E-state index contributed by atoms with van der Waals surface area (Å²) in [7, 11) is -2.89. The molecule has 0 radical (unpaired) electrons. The van der Waals surface area contributed by atoms with E-state index >= 15 is 0 Å². The first-order valence-corrected chi connectivity index (χ1v) is 16.8. The van der Waals surface area contributed by atoms with Crippen LogP contribution in [0.15, 0.2) is 79.1 Å². The first kappa shape index (κ1) is 30.5. The number of carbonyl (C=O) groups excluding carboxylic acids is 2. The molecule has 0 bridgehead atoms. The Labute approximate surface area is 253 Å². The molecule has 1 aliphatic heterocycles. The van der Waals surface area contributed by atoms with Gasteiger partial charge in [0.2, 0.25) is 0 Å². The maximum atomic E-state index is 13.8. The number of pyridine rings is 2. The summed E-state index contributed by atoms with van der Waals surface area (Å²) in [6, 6.07) is 21.7. The first-order valence-electron chi connectivity index (χ1n) is 14.9. The van der Waals surface area contributed by atoms with Gasteiger partial charge in [0, 0.05) is 72.4 Å². The Morgan fingerprint density at radius 3 is 1.84 bits per heavy atom. The van der Waals surface area contributed by atoms with Crippen molar-refractivity contribution in [3.63, 3.8) is 0 Å². The van der Waals surface area contributed by atoms with Crippen LogP contribution >= 0.6 is 0 Å². The van der Waals surface area contributed by atoms with Gasteiger partial charge in [-0.2, -0.15) is 0 Å². The number of anilines is 1. The van der Waals surface area contributed by atoms with Crippen LogP contribution in [-0.2, 0) is 26.4 Å². The number of amides is 2. The third-order valence-corrected chi connectivity index (χ3v) is 10.6. The number of imide groups is 1. The largest absolute Gasteiger partial charge is 0.500 e. The van der Waals surface area contributed by atoms with Gasteiger partial charge in [-0.05, 0) is 69.7 Å². The fourth-order valence-electron chi connectivity index (χ4n) is 5.67. The van der Waals surface area contributed by atoms with Gasteiger partial charge in [0.05, 0.1) is 24.5 Å². The van der Waals surface area contributed by atoms with E-state index in [0.717, 1.165) is 22.5 Å². The van der Waals surface area contributed by atoms with Crippen LogP contribution in [0.4, 0.5) is 5.69 Å². The van der Waals surface area contributed by atoms with E-state index in [1.165, 1.54) is 4.90 Å². The number of aromatic nitrogens is 2. The Morgan fingerprint density at radius 1 is 0.721 bits per heavy atom. The molecule has 2 amide bonds. The lowest BCUT2D eigenvalue weighted by molar-refractivity contribution is 0.0578. The Morgan fingerprint density at radius 2 is 1.30 bits per heavy atom. The zero-order valence-corrected chi connectivity index (χ0v) is 26.0. The first-order chi connectivity index (χ1) is 21.0. The maximum absolute atomic E-state index is 13.8. The van der Waals surface area contributed by atoms with Crippen LogP contribution in [0.5, 0.6) is 0 Å². The zero-order valence-electron chi connectivity index (χ0n) is 25.0. The van der Waals surface area contributed by atoms with Gasteiger partial charge in [-0.1, -0.05) is 24.3 Å². The van der Waals surface area contributed by atoms with E-state index in [0.29, 0.717) is 61.9 Å². The van der Waals surface area contributed by atoms with Crippen LogP contribution in [0.3, 0.4) is 0 Å². The van der Waals surface area contributed by atoms with Crippen LogP contribution in [-0.4, -0.2) is 61.9 Å².